The second kappa shape index (κ2) is 8.50. The van der Waals surface area contributed by atoms with Crippen LogP contribution in [0.2, 0.25) is 0 Å². The van der Waals surface area contributed by atoms with Crippen molar-refractivity contribution in [1.82, 2.24) is 24.5 Å². The molecule has 2 aliphatic heterocycles. The van der Waals surface area contributed by atoms with E-state index in [2.05, 4.69) is 48.6 Å². The monoisotopic (exact) mass is 489 g/mol. The van der Waals surface area contributed by atoms with Gasteiger partial charge in [-0.1, -0.05) is 0 Å². The highest BCUT2D eigenvalue weighted by atomic mass is 19.1. The number of aromatic nitrogens is 5. The number of hydrogen-bond acceptors (Lipinski definition) is 6. The lowest BCUT2D eigenvalue weighted by Crippen LogP contribution is -2.30. The van der Waals surface area contributed by atoms with Crippen LogP contribution in [0.4, 0.5) is 26.2 Å². The molecule has 0 amide bonds. The van der Waals surface area contributed by atoms with Gasteiger partial charge in [0.25, 0.3) is 0 Å². The summed E-state index contributed by atoms with van der Waals surface area (Å²) in [6.45, 7) is 8.27. The summed E-state index contributed by atoms with van der Waals surface area (Å²) in [6, 6.07) is 6.99. The number of anilines is 3. The Hall–Kier alpha value is -3.62. The zero-order valence-corrected chi connectivity index (χ0v) is 20.8. The fraction of sp³-hybridized carbons (Fsp3) is 0.407. The number of aryl methyl sites for hydroxylation is 2. The zero-order chi connectivity index (χ0) is 25.0. The Morgan fingerprint density at radius 1 is 0.972 bits per heavy atom. The number of fused-ring (bicyclic) bond motifs is 3. The maximum atomic E-state index is 15.1. The van der Waals surface area contributed by atoms with Crippen molar-refractivity contribution < 1.29 is 8.78 Å². The van der Waals surface area contributed by atoms with Gasteiger partial charge in [-0.2, -0.15) is 0 Å². The van der Waals surface area contributed by atoms with E-state index in [9.17, 15) is 4.39 Å². The summed E-state index contributed by atoms with van der Waals surface area (Å²) >= 11 is 0. The maximum Gasteiger partial charge on any atom is 0.229 e. The van der Waals surface area contributed by atoms with Crippen molar-refractivity contribution in [3.63, 3.8) is 0 Å². The molecule has 3 aromatic heterocycles. The molecule has 36 heavy (non-hydrogen) atoms. The van der Waals surface area contributed by atoms with Gasteiger partial charge in [0.05, 0.1) is 23.1 Å². The number of piperidine rings is 1. The SMILES string of the molecule is Cc1nc(Nc2ncc(F)c(-c3cc(F)c4nc5n(c4c3)C(C)(C)CC5)n2)ccc1N1CCCCC1. The Kier molecular flexibility index (Phi) is 5.39. The minimum Gasteiger partial charge on any atom is -0.370 e. The number of imidazole rings is 1. The minimum absolute atomic E-state index is 0.0290. The first-order valence-electron chi connectivity index (χ1n) is 12.5. The maximum absolute atomic E-state index is 15.1. The van der Waals surface area contributed by atoms with Gasteiger partial charge in [-0.15, -0.1) is 0 Å². The minimum atomic E-state index is -0.621. The summed E-state index contributed by atoms with van der Waals surface area (Å²) in [4.78, 5) is 20.0. The third-order valence-electron chi connectivity index (χ3n) is 7.36. The van der Waals surface area contributed by atoms with Crippen LogP contribution in [0.3, 0.4) is 0 Å². The molecule has 0 aliphatic carbocycles. The third-order valence-corrected chi connectivity index (χ3v) is 7.36. The first kappa shape index (κ1) is 22.8. The lowest BCUT2D eigenvalue weighted by molar-refractivity contribution is 0.386. The Bertz CT molecular complexity index is 1470. The lowest BCUT2D eigenvalue weighted by Gasteiger charge is -2.29. The van der Waals surface area contributed by atoms with Crippen LogP contribution >= 0.6 is 0 Å². The fourth-order valence-electron chi connectivity index (χ4n) is 5.53. The van der Waals surface area contributed by atoms with Crippen molar-refractivity contribution in [3.8, 4) is 11.3 Å². The second-order valence-electron chi connectivity index (χ2n) is 10.4. The number of hydrogen-bond donors (Lipinski definition) is 1. The van der Waals surface area contributed by atoms with E-state index in [1.165, 1.54) is 25.3 Å². The van der Waals surface area contributed by atoms with Gasteiger partial charge in [0, 0.05) is 30.6 Å². The number of nitrogens with zero attached hydrogens (tertiary/aromatic N) is 6. The van der Waals surface area contributed by atoms with Crippen molar-refractivity contribution in [2.24, 2.45) is 0 Å². The molecule has 0 atom stereocenters. The fourth-order valence-corrected chi connectivity index (χ4v) is 5.53. The van der Waals surface area contributed by atoms with Gasteiger partial charge in [0.1, 0.15) is 22.9 Å². The van der Waals surface area contributed by atoms with Crippen LogP contribution in [0.5, 0.6) is 0 Å². The predicted molar refractivity (Wildman–Crippen MR) is 137 cm³/mol. The number of rotatable bonds is 4. The highest BCUT2D eigenvalue weighted by Gasteiger charge is 2.33. The van der Waals surface area contributed by atoms with E-state index in [1.807, 2.05) is 19.1 Å². The van der Waals surface area contributed by atoms with Gasteiger partial charge in [-0.3, -0.25) is 0 Å². The van der Waals surface area contributed by atoms with Crippen molar-refractivity contribution >= 4 is 28.5 Å². The molecule has 0 spiro atoms. The van der Waals surface area contributed by atoms with Crippen molar-refractivity contribution in [2.75, 3.05) is 23.3 Å². The topological polar surface area (TPSA) is 71.8 Å². The molecular formula is C27H29F2N7. The van der Waals surface area contributed by atoms with E-state index in [0.29, 0.717) is 22.4 Å². The van der Waals surface area contributed by atoms with Crippen LogP contribution in [0.1, 0.15) is 51.0 Å². The molecule has 1 N–H and O–H groups in total. The van der Waals surface area contributed by atoms with E-state index in [1.54, 1.807) is 6.07 Å². The molecule has 0 unspecified atom stereocenters. The van der Waals surface area contributed by atoms with Crippen molar-refractivity contribution in [1.29, 1.82) is 0 Å². The number of nitrogens with one attached hydrogen (secondary N) is 1. The summed E-state index contributed by atoms with van der Waals surface area (Å²) in [6.07, 6.45) is 6.47. The van der Waals surface area contributed by atoms with Gasteiger partial charge >= 0.3 is 0 Å². The predicted octanol–water partition coefficient (Wildman–Crippen LogP) is 5.89. The average Bonchev–Trinajstić information content (AvgIpc) is 3.38. The molecule has 7 nitrogen and oxygen atoms in total. The number of pyridine rings is 1. The van der Waals surface area contributed by atoms with Crippen molar-refractivity contribution in [2.45, 2.75) is 58.4 Å². The zero-order valence-electron chi connectivity index (χ0n) is 20.8. The molecule has 186 valence electrons. The number of halogens is 2. The van der Waals surface area contributed by atoms with Crippen molar-refractivity contribution in [3.05, 3.63) is 53.6 Å². The van der Waals surface area contributed by atoms with E-state index in [4.69, 9.17) is 0 Å². The van der Waals surface area contributed by atoms with Crippen LogP contribution < -0.4 is 10.2 Å². The lowest BCUT2D eigenvalue weighted by atomic mass is 10.0. The average molecular weight is 490 g/mol. The van der Waals surface area contributed by atoms with Gasteiger partial charge < -0.3 is 14.8 Å². The smallest absolute Gasteiger partial charge is 0.229 e. The number of benzene rings is 1. The van der Waals surface area contributed by atoms with Gasteiger partial charge in [0.2, 0.25) is 5.95 Å². The van der Waals surface area contributed by atoms with Gasteiger partial charge in [-0.25, -0.2) is 28.7 Å². The molecule has 5 heterocycles. The molecule has 1 aromatic carbocycles. The Balaban J connectivity index is 1.33. The van der Waals surface area contributed by atoms with E-state index in [0.717, 1.165) is 49.3 Å². The molecular weight excluding hydrogens is 460 g/mol. The molecule has 1 fully saturated rings. The summed E-state index contributed by atoms with van der Waals surface area (Å²) in [5.41, 5.74) is 3.19. The van der Waals surface area contributed by atoms with Crippen LogP contribution in [-0.2, 0) is 12.0 Å². The highest BCUT2D eigenvalue weighted by molar-refractivity contribution is 5.83. The quantitative estimate of drug-likeness (QED) is 0.385. The normalized spacial score (nSPS) is 17.0. The van der Waals surface area contributed by atoms with E-state index in [-0.39, 0.29) is 17.2 Å². The summed E-state index contributed by atoms with van der Waals surface area (Å²) in [7, 11) is 0. The molecule has 0 saturated carbocycles. The summed E-state index contributed by atoms with van der Waals surface area (Å²) in [5.74, 6) is 0.514. The highest BCUT2D eigenvalue weighted by Crippen LogP contribution is 2.38. The molecule has 0 radical (unpaired) electrons. The first-order chi connectivity index (χ1) is 17.3. The van der Waals surface area contributed by atoms with E-state index >= 15 is 4.39 Å². The van der Waals surface area contributed by atoms with Crippen LogP contribution in [-0.4, -0.2) is 37.6 Å². The second-order valence-corrected chi connectivity index (χ2v) is 10.4. The van der Waals surface area contributed by atoms with Gasteiger partial charge in [-0.05, 0) is 70.7 Å². The summed E-state index contributed by atoms with van der Waals surface area (Å²) < 4.78 is 32.0. The Morgan fingerprint density at radius 2 is 1.78 bits per heavy atom. The molecule has 9 heteroatoms. The van der Waals surface area contributed by atoms with Crippen LogP contribution in [0.15, 0.2) is 30.5 Å². The molecule has 4 aromatic rings. The van der Waals surface area contributed by atoms with Crippen LogP contribution in [0, 0.1) is 18.6 Å². The van der Waals surface area contributed by atoms with E-state index < -0.39 is 11.6 Å². The van der Waals surface area contributed by atoms with Crippen LogP contribution in [0.25, 0.3) is 22.3 Å². The first-order valence-corrected chi connectivity index (χ1v) is 12.5. The molecule has 2 aliphatic rings. The summed E-state index contributed by atoms with van der Waals surface area (Å²) in [5, 5.41) is 3.08. The largest absolute Gasteiger partial charge is 0.370 e. The standard InChI is InChI=1S/C27H29F2N7/c1-16-20(35-11-5-4-6-12-35)7-8-22(31-16)32-26-30-15-19(29)24(34-26)17-13-18(28)25-21(14-17)36-23(33-25)9-10-27(36,2)3/h7-8,13-15H,4-6,9-12H2,1-3H3,(H,30,31,32,34). The van der Waals surface area contributed by atoms with Gasteiger partial charge in [0.15, 0.2) is 11.6 Å². The Labute approximate surface area is 208 Å². The molecule has 0 bridgehead atoms. The Morgan fingerprint density at radius 3 is 2.56 bits per heavy atom. The third kappa shape index (κ3) is 3.86. The molecule has 6 rings (SSSR count). The molecule has 1 saturated heterocycles.